The number of aromatic nitrogens is 1. The zero-order chi connectivity index (χ0) is 26.2. The molecule has 4 heterocycles. The molecule has 3 saturated heterocycles. The fourth-order valence-corrected chi connectivity index (χ4v) is 9.82. The lowest BCUT2D eigenvalue weighted by molar-refractivity contribution is -0.390. The predicted molar refractivity (Wildman–Crippen MR) is 118 cm³/mol. The fourth-order valence-electron chi connectivity index (χ4n) is 9.82. The van der Waals surface area contributed by atoms with E-state index in [0.29, 0.717) is 0 Å². The Bertz CT molecular complexity index is 1200. The molecule has 2 spiro atoms. The molecule has 4 saturated carbocycles. The first-order chi connectivity index (χ1) is 16.5. The molecule has 3 aliphatic heterocycles. The molecule has 7 N–H and O–H groups in total. The minimum Gasteiger partial charge on any atom is -0.451 e. The molecule has 11 nitrogen and oxygen atoms in total. The molecule has 36 heavy (non-hydrogen) atoms. The summed E-state index contributed by atoms with van der Waals surface area (Å²) in [4.78, 5) is 15.9. The number of esters is 1. The maximum absolute atomic E-state index is 13.2. The lowest BCUT2D eigenvalue weighted by Crippen LogP contribution is -2.77. The quantitative estimate of drug-likeness (QED) is 0.197. The lowest BCUT2D eigenvalue weighted by atomic mass is 9.52. The van der Waals surface area contributed by atoms with Crippen LogP contribution < -0.4 is 0 Å². The highest BCUT2D eigenvalue weighted by Gasteiger charge is 3.11. The summed E-state index contributed by atoms with van der Waals surface area (Å²) in [6.45, 7) is 6.26. The topological polar surface area (TPSA) is 185 Å². The van der Waals surface area contributed by atoms with Crippen molar-refractivity contribution in [3.63, 3.8) is 0 Å². The Labute approximate surface area is 207 Å². The number of carbonyl (C=O) groups excluding carboxylic acids is 1. The van der Waals surface area contributed by atoms with E-state index in [1.54, 1.807) is 19.9 Å². The summed E-state index contributed by atoms with van der Waals surface area (Å²) in [6.07, 6.45) is -2.10. The summed E-state index contributed by atoms with van der Waals surface area (Å²) in [7, 11) is 0. The van der Waals surface area contributed by atoms with Gasteiger partial charge in [0.15, 0.2) is 17.5 Å². The average molecular weight is 508 g/mol. The molecule has 1 unspecified atom stereocenters. The largest absolute Gasteiger partial charge is 0.451 e. The van der Waals surface area contributed by atoms with E-state index in [1.165, 1.54) is 26.1 Å². The molecule has 0 amide bonds. The van der Waals surface area contributed by atoms with Crippen LogP contribution in [0.2, 0.25) is 0 Å². The molecule has 8 rings (SSSR count). The third kappa shape index (κ3) is 1.65. The van der Waals surface area contributed by atoms with Gasteiger partial charge in [-0.25, -0.2) is 4.79 Å². The molecule has 11 heteroatoms. The normalized spacial score (nSPS) is 61.8. The van der Waals surface area contributed by atoms with Gasteiger partial charge in [-0.2, -0.15) is 0 Å². The summed E-state index contributed by atoms with van der Waals surface area (Å²) in [5.74, 6) is -3.97. The molecule has 7 fully saturated rings. The van der Waals surface area contributed by atoms with Crippen molar-refractivity contribution in [3.8, 4) is 0 Å². The van der Waals surface area contributed by atoms with Crippen LogP contribution in [0.5, 0.6) is 0 Å². The van der Waals surface area contributed by atoms with Crippen LogP contribution >= 0.6 is 0 Å². The van der Waals surface area contributed by atoms with E-state index in [-0.39, 0.29) is 31.6 Å². The maximum Gasteiger partial charge on any atom is 0.355 e. The Morgan fingerprint density at radius 3 is 2.39 bits per heavy atom. The van der Waals surface area contributed by atoms with Crippen LogP contribution in [0.15, 0.2) is 18.3 Å². The highest BCUT2D eigenvalue weighted by atomic mass is 16.7. The third-order valence-electron chi connectivity index (χ3n) is 11.7. The number of aliphatic hydroxyl groups excluding tert-OH is 1. The summed E-state index contributed by atoms with van der Waals surface area (Å²) in [5, 5.41) is 74.5. The van der Waals surface area contributed by atoms with Crippen LogP contribution in [0.3, 0.4) is 0 Å². The van der Waals surface area contributed by atoms with Crippen LogP contribution in [-0.2, 0) is 14.2 Å². The van der Waals surface area contributed by atoms with Gasteiger partial charge < -0.3 is 49.8 Å². The third-order valence-corrected chi connectivity index (χ3v) is 11.7. The van der Waals surface area contributed by atoms with Gasteiger partial charge in [0.25, 0.3) is 0 Å². The van der Waals surface area contributed by atoms with E-state index in [0.717, 1.165) is 0 Å². The number of epoxide rings is 1. The van der Waals surface area contributed by atoms with Gasteiger partial charge in [0.05, 0.1) is 12.0 Å². The van der Waals surface area contributed by atoms with Crippen LogP contribution in [0.4, 0.5) is 0 Å². The number of ether oxygens (including phenoxy) is 3. The smallest absolute Gasteiger partial charge is 0.355 e. The second-order valence-electron chi connectivity index (χ2n) is 12.7. The predicted octanol–water partition coefficient (Wildman–Crippen LogP) is -1.05. The Kier molecular flexibility index (Phi) is 3.74. The van der Waals surface area contributed by atoms with E-state index >= 15 is 0 Å². The van der Waals surface area contributed by atoms with Crippen molar-refractivity contribution in [1.29, 1.82) is 0 Å². The number of carbonyl (C=O) groups is 1. The van der Waals surface area contributed by atoms with Gasteiger partial charge >= 0.3 is 5.97 Å². The molecular weight excluding hydrogens is 474 g/mol. The van der Waals surface area contributed by atoms with Crippen molar-refractivity contribution in [3.05, 3.63) is 24.0 Å². The Hall–Kier alpha value is -1.57. The first kappa shape index (κ1) is 23.5. The molecule has 7 aliphatic rings. The first-order valence-electron chi connectivity index (χ1n) is 12.5. The van der Waals surface area contributed by atoms with Crippen molar-refractivity contribution < 1.29 is 49.6 Å². The van der Waals surface area contributed by atoms with Gasteiger partial charge in [-0.15, -0.1) is 0 Å². The fraction of sp³-hybridized carbons (Fsp3) is 0.800. The van der Waals surface area contributed by atoms with Crippen molar-refractivity contribution >= 4 is 5.97 Å². The Morgan fingerprint density at radius 2 is 1.83 bits per heavy atom. The van der Waals surface area contributed by atoms with Crippen molar-refractivity contribution in [2.45, 2.75) is 98.6 Å². The molecule has 1 aromatic heterocycles. The van der Waals surface area contributed by atoms with Gasteiger partial charge in [0.1, 0.15) is 39.8 Å². The van der Waals surface area contributed by atoms with Crippen molar-refractivity contribution in [2.24, 2.45) is 16.7 Å². The first-order valence-corrected chi connectivity index (χ1v) is 12.5. The molecular formula is C25H33NO10. The number of rotatable bonds is 3. The number of aliphatic hydroxyl groups is 6. The SMILES string of the molecule is CC(C)[C@@]1(O)[C@@H](OC(=O)c2ccc[nH]2)[C@@]2(O)[C@@]3(C)C[C@]4(O)O[C@@]5([C@H](O)C6(CC[C@]35O)CO6)[C@@]2(O)[C@]14C. The molecule has 0 radical (unpaired) electrons. The second kappa shape index (κ2) is 5.72. The summed E-state index contributed by atoms with van der Waals surface area (Å²) in [5.41, 5.74) is -16.8. The van der Waals surface area contributed by atoms with Crippen molar-refractivity contribution in [2.75, 3.05) is 6.61 Å². The minimum atomic E-state index is -2.65. The maximum atomic E-state index is 13.2. The number of aromatic amines is 1. The number of H-pyrrole nitrogens is 1. The molecule has 6 bridgehead atoms. The lowest BCUT2D eigenvalue weighted by Gasteiger charge is -2.60. The zero-order valence-corrected chi connectivity index (χ0v) is 20.6. The van der Waals surface area contributed by atoms with E-state index < -0.39 is 74.3 Å². The number of hydrogen-bond donors (Lipinski definition) is 7. The van der Waals surface area contributed by atoms with Crippen LogP contribution in [0.25, 0.3) is 0 Å². The molecule has 11 atom stereocenters. The van der Waals surface area contributed by atoms with Gasteiger partial charge in [-0.1, -0.05) is 20.8 Å². The van der Waals surface area contributed by atoms with Crippen LogP contribution in [-0.4, -0.2) is 99.8 Å². The number of nitrogens with one attached hydrogen (secondary N) is 1. The Morgan fingerprint density at radius 1 is 1.17 bits per heavy atom. The van der Waals surface area contributed by atoms with E-state index in [9.17, 15) is 35.4 Å². The zero-order valence-electron chi connectivity index (χ0n) is 20.6. The monoisotopic (exact) mass is 507 g/mol. The van der Waals surface area contributed by atoms with Crippen LogP contribution in [0, 0.1) is 16.7 Å². The molecule has 0 aromatic carbocycles. The highest BCUT2D eigenvalue weighted by Crippen LogP contribution is 2.91. The number of hydrogen-bond acceptors (Lipinski definition) is 10. The molecule has 1 aromatic rings. The van der Waals surface area contributed by atoms with E-state index in [2.05, 4.69) is 4.98 Å². The summed E-state index contributed by atoms with van der Waals surface area (Å²) in [6, 6.07) is 3.05. The van der Waals surface area contributed by atoms with E-state index in [1.807, 2.05) is 0 Å². The Balaban J connectivity index is 1.55. The standard InChI is InChI=1S/C25H33NO10/c1-12(2)22(31)16(35-14(27)13-6-5-9-26-13)23(32)17(3)10-21(30)18(22,4)25(23,33)24(36-21)15(28)19(11-34-19)7-8-20(17,24)29/h5-6,9,12,15-16,26,28-33H,7-8,10-11H2,1-4H3/t15-,16-,17+,18+,19?,20+,21+,22-,23-,24-,25-/m1/s1. The highest BCUT2D eigenvalue weighted by molar-refractivity contribution is 5.87. The minimum absolute atomic E-state index is 0.0191. The molecule has 198 valence electrons. The van der Waals surface area contributed by atoms with Gasteiger partial charge in [-0.3, -0.25) is 0 Å². The van der Waals surface area contributed by atoms with Gasteiger partial charge in [-0.05, 0) is 37.8 Å². The van der Waals surface area contributed by atoms with E-state index in [4.69, 9.17) is 14.2 Å². The summed E-state index contributed by atoms with van der Waals surface area (Å²) >= 11 is 0. The van der Waals surface area contributed by atoms with Crippen molar-refractivity contribution in [1.82, 2.24) is 4.98 Å². The second-order valence-corrected chi connectivity index (χ2v) is 12.7. The van der Waals surface area contributed by atoms with Gasteiger partial charge in [0, 0.05) is 18.0 Å². The van der Waals surface area contributed by atoms with Gasteiger partial charge in [0.2, 0.25) is 0 Å². The average Bonchev–Trinajstić information content (AvgIpc) is 3.30. The van der Waals surface area contributed by atoms with Crippen LogP contribution in [0.1, 0.15) is 57.4 Å². The molecule has 4 aliphatic carbocycles. The summed E-state index contributed by atoms with van der Waals surface area (Å²) < 4.78 is 17.7.